The number of hydrogen-bond donors (Lipinski definition) is 0. The highest BCUT2D eigenvalue weighted by Crippen LogP contribution is 2.30. The predicted octanol–water partition coefficient (Wildman–Crippen LogP) is 3.32. The second-order valence-corrected chi connectivity index (χ2v) is 6.87. The summed E-state index contributed by atoms with van der Waals surface area (Å²) < 4.78 is 0. The van der Waals surface area contributed by atoms with Crippen molar-refractivity contribution in [1.82, 2.24) is 4.90 Å². The zero-order valence-electron chi connectivity index (χ0n) is 12.4. The maximum Gasteiger partial charge on any atom is 0.223 e. The van der Waals surface area contributed by atoms with Gasteiger partial charge in [0.2, 0.25) is 5.91 Å². The van der Waals surface area contributed by atoms with E-state index in [9.17, 15) is 9.59 Å². The van der Waals surface area contributed by atoms with Crippen LogP contribution in [0.3, 0.4) is 0 Å². The average molecular weight is 265 g/mol. The summed E-state index contributed by atoms with van der Waals surface area (Å²) in [5, 5.41) is 0. The number of amides is 1. The monoisotopic (exact) mass is 265 g/mol. The Bertz CT molecular complexity index is 343. The second kappa shape index (κ2) is 6.06. The summed E-state index contributed by atoms with van der Waals surface area (Å²) >= 11 is 0. The van der Waals surface area contributed by atoms with Crippen LogP contribution in [0.15, 0.2) is 0 Å². The largest absolute Gasteiger partial charge is 0.330 e. The molecule has 2 rings (SSSR count). The van der Waals surface area contributed by atoms with Crippen molar-refractivity contribution in [2.24, 2.45) is 5.92 Å². The van der Waals surface area contributed by atoms with Crippen molar-refractivity contribution in [3.05, 3.63) is 0 Å². The van der Waals surface area contributed by atoms with Gasteiger partial charge in [-0.05, 0) is 39.0 Å². The fraction of sp³-hybridized carbons (Fsp3) is 0.875. The van der Waals surface area contributed by atoms with Gasteiger partial charge < -0.3 is 4.90 Å². The normalized spacial score (nSPS) is 23.9. The fourth-order valence-corrected chi connectivity index (χ4v) is 3.45. The Morgan fingerprint density at radius 1 is 1.32 bits per heavy atom. The van der Waals surface area contributed by atoms with Gasteiger partial charge >= 0.3 is 0 Å². The molecular weight excluding hydrogens is 238 g/mol. The first-order valence-electron chi connectivity index (χ1n) is 7.81. The highest BCUT2D eigenvalue weighted by Gasteiger charge is 2.36. The maximum absolute atomic E-state index is 12.3. The molecule has 1 saturated carbocycles. The van der Waals surface area contributed by atoms with Crippen LogP contribution in [0.2, 0.25) is 0 Å². The number of nitrogens with zero attached hydrogens (tertiary/aromatic N) is 1. The first-order valence-corrected chi connectivity index (χ1v) is 7.81. The van der Waals surface area contributed by atoms with Crippen molar-refractivity contribution in [3.8, 4) is 0 Å². The van der Waals surface area contributed by atoms with E-state index < -0.39 is 0 Å². The SMILES string of the molecule is CC1(C)CCC(=O)CN1C(=O)CCCC1CCCC1. The van der Waals surface area contributed by atoms with E-state index in [2.05, 4.69) is 13.8 Å². The van der Waals surface area contributed by atoms with Crippen LogP contribution < -0.4 is 0 Å². The lowest BCUT2D eigenvalue weighted by atomic mass is 9.89. The summed E-state index contributed by atoms with van der Waals surface area (Å²) in [5.74, 6) is 1.24. The molecule has 1 aliphatic heterocycles. The van der Waals surface area contributed by atoms with Crippen molar-refractivity contribution >= 4 is 11.7 Å². The molecule has 108 valence electrons. The number of carbonyl (C=O) groups is 2. The quantitative estimate of drug-likeness (QED) is 0.782. The average Bonchev–Trinajstić information content (AvgIpc) is 2.85. The second-order valence-electron chi connectivity index (χ2n) is 6.87. The van der Waals surface area contributed by atoms with Gasteiger partial charge in [0.25, 0.3) is 0 Å². The van der Waals surface area contributed by atoms with Crippen LogP contribution >= 0.6 is 0 Å². The molecule has 19 heavy (non-hydrogen) atoms. The summed E-state index contributed by atoms with van der Waals surface area (Å²) in [4.78, 5) is 25.7. The van der Waals surface area contributed by atoms with E-state index in [1.807, 2.05) is 4.90 Å². The molecule has 1 saturated heterocycles. The first kappa shape index (κ1) is 14.5. The Morgan fingerprint density at radius 3 is 2.68 bits per heavy atom. The molecule has 1 amide bonds. The molecule has 0 aromatic carbocycles. The summed E-state index contributed by atoms with van der Waals surface area (Å²) in [5.41, 5.74) is -0.141. The summed E-state index contributed by atoms with van der Waals surface area (Å²) in [6.07, 6.45) is 9.66. The van der Waals surface area contributed by atoms with Gasteiger partial charge in [0, 0.05) is 18.4 Å². The summed E-state index contributed by atoms with van der Waals surface area (Å²) in [7, 11) is 0. The molecule has 1 aliphatic carbocycles. The molecule has 3 nitrogen and oxygen atoms in total. The highest BCUT2D eigenvalue weighted by atomic mass is 16.2. The molecule has 0 unspecified atom stereocenters. The van der Waals surface area contributed by atoms with Crippen molar-refractivity contribution in [2.75, 3.05) is 6.54 Å². The van der Waals surface area contributed by atoms with Crippen LogP contribution in [0, 0.1) is 5.92 Å². The summed E-state index contributed by atoms with van der Waals surface area (Å²) in [6.45, 7) is 4.48. The van der Waals surface area contributed by atoms with E-state index in [-0.39, 0.29) is 17.2 Å². The Kier molecular flexibility index (Phi) is 4.64. The van der Waals surface area contributed by atoms with E-state index in [1.165, 1.54) is 32.1 Å². The van der Waals surface area contributed by atoms with Crippen molar-refractivity contribution in [2.45, 2.75) is 77.2 Å². The lowest BCUT2D eigenvalue weighted by Gasteiger charge is -2.41. The van der Waals surface area contributed by atoms with Gasteiger partial charge in [0.1, 0.15) is 0 Å². The van der Waals surface area contributed by atoms with Crippen LogP contribution in [0.5, 0.6) is 0 Å². The van der Waals surface area contributed by atoms with Gasteiger partial charge in [-0.15, -0.1) is 0 Å². The van der Waals surface area contributed by atoms with E-state index >= 15 is 0 Å². The molecule has 0 aromatic heterocycles. The zero-order chi connectivity index (χ0) is 13.9. The van der Waals surface area contributed by atoms with Gasteiger partial charge in [-0.25, -0.2) is 0 Å². The molecule has 0 aromatic rings. The first-order chi connectivity index (χ1) is 8.99. The third kappa shape index (κ3) is 3.80. The third-order valence-electron chi connectivity index (χ3n) is 4.86. The third-order valence-corrected chi connectivity index (χ3v) is 4.86. The molecule has 0 N–H and O–H groups in total. The lowest BCUT2D eigenvalue weighted by Crippen LogP contribution is -2.53. The van der Waals surface area contributed by atoms with Crippen LogP contribution in [0.25, 0.3) is 0 Å². The molecule has 0 bridgehead atoms. The number of rotatable bonds is 4. The van der Waals surface area contributed by atoms with Gasteiger partial charge in [-0.1, -0.05) is 25.7 Å². The maximum atomic E-state index is 12.3. The Labute approximate surface area is 116 Å². The number of piperidine rings is 1. The van der Waals surface area contributed by atoms with Crippen LogP contribution in [0.4, 0.5) is 0 Å². The van der Waals surface area contributed by atoms with Crippen LogP contribution in [-0.2, 0) is 9.59 Å². The van der Waals surface area contributed by atoms with E-state index in [1.54, 1.807) is 0 Å². The number of carbonyl (C=O) groups excluding carboxylic acids is 2. The molecule has 1 heterocycles. The van der Waals surface area contributed by atoms with Gasteiger partial charge in [0.05, 0.1) is 6.54 Å². The minimum atomic E-state index is -0.141. The summed E-state index contributed by atoms with van der Waals surface area (Å²) in [6, 6.07) is 0. The molecular formula is C16H27NO2. The van der Waals surface area contributed by atoms with Crippen molar-refractivity contribution in [3.63, 3.8) is 0 Å². The minimum Gasteiger partial charge on any atom is -0.330 e. The van der Waals surface area contributed by atoms with Gasteiger partial charge in [0.15, 0.2) is 5.78 Å². The van der Waals surface area contributed by atoms with Crippen LogP contribution in [0.1, 0.15) is 71.6 Å². The zero-order valence-corrected chi connectivity index (χ0v) is 12.4. The molecule has 0 spiro atoms. The number of ketones is 1. The smallest absolute Gasteiger partial charge is 0.223 e. The number of hydrogen-bond acceptors (Lipinski definition) is 2. The van der Waals surface area contributed by atoms with Gasteiger partial charge in [-0.2, -0.15) is 0 Å². The topological polar surface area (TPSA) is 37.4 Å². The van der Waals surface area contributed by atoms with Crippen molar-refractivity contribution < 1.29 is 9.59 Å². The van der Waals surface area contributed by atoms with Crippen LogP contribution in [-0.4, -0.2) is 28.7 Å². The molecule has 3 heteroatoms. The van der Waals surface area contributed by atoms with E-state index in [4.69, 9.17) is 0 Å². The van der Waals surface area contributed by atoms with E-state index in [0.29, 0.717) is 19.4 Å². The molecule has 0 atom stereocenters. The highest BCUT2D eigenvalue weighted by molar-refractivity contribution is 5.88. The molecule has 0 radical (unpaired) electrons. The minimum absolute atomic E-state index is 0.141. The molecule has 2 aliphatic rings. The van der Waals surface area contributed by atoms with E-state index in [0.717, 1.165) is 18.8 Å². The Balaban J connectivity index is 1.78. The van der Waals surface area contributed by atoms with Crippen molar-refractivity contribution in [1.29, 1.82) is 0 Å². The number of Topliss-reactive ketones (excluding diaryl/α,β-unsaturated/α-hetero) is 1. The van der Waals surface area contributed by atoms with Gasteiger partial charge in [-0.3, -0.25) is 9.59 Å². The molecule has 2 fully saturated rings. The lowest BCUT2D eigenvalue weighted by molar-refractivity contribution is -0.144. The number of likely N-dealkylation sites (tertiary alicyclic amines) is 1. The predicted molar refractivity (Wildman–Crippen MR) is 75.8 cm³/mol. The fourth-order valence-electron chi connectivity index (χ4n) is 3.45. The Hall–Kier alpha value is -0.860. The standard InChI is InChI=1S/C16H27NO2/c1-16(2)11-10-14(18)12-17(16)15(19)9-5-8-13-6-3-4-7-13/h13H,3-12H2,1-2H3. The Morgan fingerprint density at radius 2 is 2.00 bits per heavy atom.